The highest BCUT2D eigenvalue weighted by atomic mass is 16.6. The highest BCUT2D eigenvalue weighted by Gasteiger charge is 2.32. The van der Waals surface area contributed by atoms with Crippen LogP contribution in [0.3, 0.4) is 0 Å². The second-order valence-corrected chi connectivity index (χ2v) is 7.81. The van der Waals surface area contributed by atoms with E-state index in [0.29, 0.717) is 11.3 Å². The molecule has 2 fully saturated rings. The molecule has 0 radical (unpaired) electrons. The Bertz CT molecular complexity index is 731. The first-order chi connectivity index (χ1) is 13.4. The van der Waals surface area contributed by atoms with E-state index in [2.05, 4.69) is 10.2 Å². The van der Waals surface area contributed by atoms with Crippen molar-refractivity contribution in [3.8, 4) is 0 Å². The number of esters is 1. The van der Waals surface area contributed by atoms with Crippen LogP contribution in [0.5, 0.6) is 0 Å². The number of rotatable bonds is 5. The van der Waals surface area contributed by atoms with E-state index >= 15 is 0 Å². The van der Waals surface area contributed by atoms with Crippen LogP contribution in [0.25, 0.3) is 0 Å². The van der Waals surface area contributed by atoms with Crippen LogP contribution in [0.1, 0.15) is 54.4 Å². The number of aliphatic hydroxyl groups excluding tert-OH is 1. The van der Waals surface area contributed by atoms with Gasteiger partial charge in [0.2, 0.25) is 0 Å². The van der Waals surface area contributed by atoms with E-state index < -0.39 is 10.9 Å². The first-order valence-electron chi connectivity index (χ1n) is 9.96. The van der Waals surface area contributed by atoms with Crippen molar-refractivity contribution >= 4 is 17.3 Å². The highest BCUT2D eigenvalue weighted by Crippen LogP contribution is 2.30. The first kappa shape index (κ1) is 20.5. The summed E-state index contributed by atoms with van der Waals surface area (Å²) in [6, 6.07) is 3.71. The molecule has 1 saturated heterocycles. The number of nitrogens with zero attached hydrogens (tertiary/aromatic N) is 2. The van der Waals surface area contributed by atoms with Gasteiger partial charge in [0.25, 0.3) is 5.69 Å². The van der Waals surface area contributed by atoms with Crippen molar-refractivity contribution < 1.29 is 19.6 Å². The number of hydrogen-bond acceptors (Lipinski definition) is 7. The number of methoxy groups -OCH3 is 1. The average molecular weight is 391 g/mol. The SMILES string of the molecule is COC(=O)c1cc(NC2CCN(C3CCCCC3O)CC2)cc(C)c1[N+](=O)[O-]. The van der Waals surface area contributed by atoms with E-state index in [1.54, 1.807) is 13.0 Å². The van der Waals surface area contributed by atoms with Crippen molar-refractivity contribution in [3.63, 3.8) is 0 Å². The van der Waals surface area contributed by atoms with Crippen molar-refractivity contribution in [3.05, 3.63) is 33.4 Å². The Morgan fingerprint density at radius 2 is 1.93 bits per heavy atom. The molecule has 2 atom stereocenters. The predicted octanol–water partition coefficient (Wildman–Crippen LogP) is 2.87. The molecule has 3 rings (SSSR count). The predicted molar refractivity (Wildman–Crippen MR) is 106 cm³/mol. The standard InChI is InChI=1S/C20H29N3O5/c1-13-11-15(12-16(20(25)28-2)19(13)23(26)27)21-14-7-9-22(10-8-14)17-5-3-4-6-18(17)24/h11-12,14,17-18,21,24H,3-10H2,1-2H3. The number of carbonyl (C=O) groups excluding carboxylic acids is 1. The minimum atomic E-state index is -0.709. The zero-order valence-corrected chi connectivity index (χ0v) is 16.5. The number of nitro benzene ring substituents is 1. The van der Waals surface area contributed by atoms with Crippen LogP contribution in [0.15, 0.2) is 12.1 Å². The molecule has 2 unspecified atom stereocenters. The summed E-state index contributed by atoms with van der Waals surface area (Å²) in [5.41, 5.74) is 0.883. The van der Waals surface area contributed by atoms with Gasteiger partial charge < -0.3 is 15.2 Å². The third-order valence-electron chi connectivity index (χ3n) is 5.95. The number of aliphatic hydroxyl groups is 1. The zero-order valence-electron chi connectivity index (χ0n) is 16.5. The molecule has 0 bridgehead atoms. The van der Waals surface area contributed by atoms with Gasteiger partial charge in [0.15, 0.2) is 0 Å². The molecule has 1 aromatic carbocycles. The van der Waals surface area contributed by atoms with Gasteiger partial charge in [0.1, 0.15) is 5.56 Å². The fourth-order valence-electron chi connectivity index (χ4n) is 4.50. The third kappa shape index (κ3) is 4.44. The van der Waals surface area contributed by atoms with Gasteiger partial charge in [-0.1, -0.05) is 12.8 Å². The van der Waals surface area contributed by atoms with Crippen LogP contribution in [-0.2, 0) is 4.74 Å². The maximum absolute atomic E-state index is 12.0. The van der Waals surface area contributed by atoms with Crippen LogP contribution in [0, 0.1) is 17.0 Å². The molecule has 8 heteroatoms. The van der Waals surface area contributed by atoms with Crippen molar-refractivity contribution in [1.82, 2.24) is 4.90 Å². The summed E-state index contributed by atoms with van der Waals surface area (Å²) in [6.45, 7) is 3.45. The van der Waals surface area contributed by atoms with Crippen LogP contribution in [0.4, 0.5) is 11.4 Å². The summed E-state index contributed by atoms with van der Waals surface area (Å²) in [7, 11) is 1.22. The number of piperidine rings is 1. The summed E-state index contributed by atoms with van der Waals surface area (Å²) in [5.74, 6) is -0.709. The van der Waals surface area contributed by atoms with Crippen molar-refractivity contribution in [1.29, 1.82) is 0 Å². The molecule has 2 aliphatic rings. The number of benzene rings is 1. The Balaban J connectivity index is 1.67. The first-order valence-corrected chi connectivity index (χ1v) is 9.96. The Labute approximate surface area is 165 Å². The lowest BCUT2D eigenvalue weighted by atomic mass is 9.89. The van der Waals surface area contributed by atoms with Crippen LogP contribution >= 0.6 is 0 Å². The Kier molecular flexibility index (Phi) is 6.51. The van der Waals surface area contributed by atoms with Crippen LogP contribution in [-0.4, -0.2) is 59.3 Å². The summed E-state index contributed by atoms with van der Waals surface area (Å²) in [5, 5.41) is 25.0. The van der Waals surface area contributed by atoms with Gasteiger partial charge in [-0.25, -0.2) is 4.79 Å². The lowest BCUT2D eigenvalue weighted by Crippen LogP contribution is -2.50. The summed E-state index contributed by atoms with van der Waals surface area (Å²) < 4.78 is 4.72. The normalized spacial score (nSPS) is 24.0. The van der Waals surface area contributed by atoms with E-state index in [9.17, 15) is 20.0 Å². The molecule has 0 spiro atoms. The van der Waals surface area contributed by atoms with Crippen molar-refractivity contribution in [2.45, 2.75) is 63.6 Å². The molecular weight excluding hydrogens is 362 g/mol. The van der Waals surface area contributed by atoms with Gasteiger partial charge in [-0.3, -0.25) is 15.0 Å². The third-order valence-corrected chi connectivity index (χ3v) is 5.95. The van der Waals surface area contributed by atoms with Gasteiger partial charge in [-0.2, -0.15) is 0 Å². The number of ether oxygens (including phenoxy) is 1. The second kappa shape index (κ2) is 8.87. The molecule has 1 aliphatic heterocycles. The van der Waals surface area contributed by atoms with Crippen molar-refractivity contribution in [2.75, 3.05) is 25.5 Å². The number of aryl methyl sites for hydroxylation is 1. The minimum Gasteiger partial charge on any atom is -0.465 e. The molecule has 154 valence electrons. The van der Waals surface area contributed by atoms with Gasteiger partial charge in [0, 0.05) is 36.4 Å². The Hall–Kier alpha value is -2.19. The molecule has 1 aliphatic carbocycles. The number of hydrogen-bond donors (Lipinski definition) is 2. The zero-order chi connectivity index (χ0) is 20.3. The molecule has 1 saturated carbocycles. The number of anilines is 1. The lowest BCUT2D eigenvalue weighted by molar-refractivity contribution is -0.385. The van der Waals surface area contributed by atoms with E-state index in [0.717, 1.165) is 45.2 Å². The molecule has 1 aromatic rings. The highest BCUT2D eigenvalue weighted by molar-refractivity contribution is 5.95. The summed E-state index contributed by atoms with van der Waals surface area (Å²) in [4.78, 5) is 25.2. The van der Waals surface area contributed by atoms with Gasteiger partial charge in [-0.05, 0) is 44.7 Å². The molecular formula is C20H29N3O5. The Morgan fingerprint density at radius 3 is 2.54 bits per heavy atom. The molecule has 8 nitrogen and oxygen atoms in total. The van der Waals surface area contributed by atoms with Gasteiger partial charge >= 0.3 is 5.97 Å². The van der Waals surface area contributed by atoms with E-state index in [1.165, 1.54) is 19.6 Å². The smallest absolute Gasteiger partial charge is 0.344 e. The lowest BCUT2D eigenvalue weighted by Gasteiger charge is -2.41. The average Bonchev–Trinajstić information content (AvgIpc) is 2.67. The Morgan fingerprint density at radius 1 is 1.25 bits per heavy atom. The molecule has 1 heterocycles. The van der Waals surface area contributed by atoms with E-state index in [1.807, 2.05) is 0 Å². The number of likely N-dealkylation sites (tertiary alicyclic amines) is 1. The molecule has 2 N–H and O–H groups in total. The largest absolute Gasteiger partial charge is 0.465 e. The summed E-state index contributed by atoms with van der Waals surface area (Å²) >= 11 is 0. The fraction of sp³-hybridized carbons (Fsp3) is 0.650. The molecule has 0 amide bonds. The van der Waals surface area contributed by atoms with E-state index in [-0.39, 0.29) is 29.4 Å². The maximum Gasteiger partial charge on any atom is 0.344 e. The fourth-order valence-corrected chi connectivity index (χ4v) is 4.50. The number of carbonyl (C=O) groups is 1. The van der Waals surface area contributed by atoms with Crippen molar-refractivity contribution in [2.24, 2.45) is 0 Å². The quantitative estimate of drug-likeness (QED) is 0.452. The second-order valence-electron chi connectivity index (χ2n) is 7.81. The number of nitro groups is 1. The topological polar surface area (TPSA) is 105 Å². The van der Waals surface area contributed by atoms with Gasteiger partial charge in [0.05, 0.1) is 18.1 Å². The van der Waals surface area contributed by atoms with E-state index in [4.69, 9.17) is 4.74 Å². The summed E-state index contributed by atoms with van der Waals surface area (Å²) in [6.07, 6.45) is 5.86. The number of nitrogens with one attached hydrogen (secondary N) is 1. The molecule has 0 aromatic heterocycles. The van der Waals surface area contributed by atoms with Crippen LogP contribution in [0.2, 0.25) is 0 Å². The van der Waals surface area contributed by atoms with Gasteiger partial charge in [-0.15, -0.1) is 0 Å². The monoisotopic (exact) mass is 391 g/mol. The minimum absolute atomic E-state index is 0.0298. The maximum atomic E-state index is 12.0. The van der Waals surface area contributed by atoms with Crippen LogP contribution < -0.4 is 5.32 Å². The molecule has 28 heavy (non-hydrogen) atoms.